The number of benzene rings is 1. The Morgan fingerprint density at radius 3 is 2.56 bits per heavy atom. The van der Waals surface area contributed by atoms with Crippen LogP contribution in [-0.2, 0) is 16.1 Å². The Balaban J connectivity index is 1.67. The van der Waals surface area contributed by atoms with Gasteiger partial charge in [0.2, 0.25) is 5.91 Å². The third-order valence-corrected chi connectivity index (χ3v) is 4.67. The summed E-state index contributed by atoms with van der Waals surface area (Å²) >= 11 is 0. The van der Waals surface area contributed by atoms with Crippen LogP contribution in [0, 0.1) is 13.8 Å². The number of morpholine rings is 1. The molecule has 0 atom stereocenters. The standard InChI is InChI=1S/C19H21N5O3/c1-13-7-14(2)9-15(8-13)24-18-16(10-21-24)19(26)23(12-20-18)11-17(25)22-3-5-27-6-4-22/h7-10,12H,3-6,11H2,1-2H3. The van der Waals surface area contributed by atoms with Gasteiger partial charge in [0.05, 0.1) is 25.1 Å². The van der Waals surface area contributed by atoms with E-state index in [1.165, 1.54) is 17.1 Å². The van der Waals surface area contributed by atoms with Crippen LogP contribution in [0.2, 0.25) is 0 Å². The average Bonchev–Trinajstić information content (AvgIpc) is 3.09. The molecular formula is C19H21N5O3. The molecule has 0 aliphatic carbocycles. The molecule has 0 N–H and O–H groups in total. The highest BCUT2D eigenvalue weighted by Crippen LogP contribution is 2.17. The van der Waals surface area contributed by atoms with Crippen molar-refractivity contribution in [1.29, 1.82) is 0 Å². The Morgan fingerprint density at radius 1 is 1.15 bits per heavy atom. The fourth-order valence-corrected chi connectivity index (χ4v) is 3.38. The van der Waals surface area contributed by atoms with Crippen molar-refractivity contribution in [3.05, 3.63) is 52.2 Å². The van der Waals surface area contributed by atoms with Crippen LogP contribution in [0.5, 0.6) is 0 Å². The van der Waals surface area contributed by atoms with Gasteiger partial charge in [-0.25, -0.2) is 9.67 Å². The van der Waals surface area contributed by atoms with E-state index in [-0.39, 0.29) is 18.0 Å². The van der Waals surface area contributed by atoms with E-state index in [2.05, 4.69) is 16.1 Å². The molecule has 0 saturated carbocycles. The van der Waals surface area contributed by atoms with Crippen LogP contribution in [0.25, 0.3) is 16.7 Å². The van der Waals surface area contributed by atoms with Crippen molar-refractivity contribution in [2.75, 3.05) is 26.3 Å². The van der Waals surface area contributed by atoms with Crippen molar-refractivity contribution in [3.8, 4) is 5.69 Å². The molecule has 0 unspecified atom stereocenters. The molecule has 0 radical (unpaired) electrons. The van der Waals surface area contributed by atoms with E-state index < -0.39 is 0 Å². The lowest BCUT2D eigenvalue weighted by atomic mass is 10.1. The predicted octanol–water partition coefficient (Wildman–Crippen LogP) is 1.06. The first-order valence-electron chi connectivity index (χ1n) is 8.90. The van der Waals surface area contributed by atoms with Crippen molar-refractivity contribution >= 4 is 16.9 Å². The average molecular weight is 367 g/mol. The first-order chi connectivity index (χ1) is 13.0. The van der Waals surface area contributed by atoms with Crippen LogP contribution in [0.1, 0.15) is 11.1 Å². The summed E-state index contributed by atoms with van der Waals surface area (Å²) in [5.74, 6) is -0.108. The number of carbonyl (C=O) groups is 1. The molecule has 4 rings (SSSR count). The van der Waals surface area contributed by atoms with Gasteiger partial charge in [0.15, 0.2) is 5.65 Å². The minimum atomic E-state index is -0.266. The van der Waals surface area contributed by atoms with Gasteiger partial charge in [-0.3, -0.25) is 14.2 Å². The molecule has 8 nitrogen and oxygen atoms in total. The first kappa shape index (κ1) is 17.4. The second-order valence-corrected chi connectivity index (χ2v) is 6.81. The van der Waals surface area contributed by atoms with Gasteiger partial charge in [-0.05, 0) is 37.1 Å². The smallest absolute Gasteiger partial charge is 0.264 e. The highest BCUT2D eigenvalue weighted by atomic mass is 16.5. The molecule has 1 aliphatic heterocycles. The first-order valence-corrected chi connectivity index (χ1v) is 8.90. The molecule has 0 bridgehead atoms. The second-order valence-electron chi connectivity index (χ2n) is 6.81. The van der Waals surface area contributed by atoms with Crippen LogP contribution >= 0.6 is 0 Å². The highest BCUT2D eigenvalue weighted by molar-refractivity contribution is 5.78. The van der Waals surface area contributed by atoms with Crippen LogP contribution in [0.4, 0.5) is 0 Å². The van der Waals surface area contributed by atoms with E-state index in [9.17, 15) is 9.59 Å². The molecule has 0 spiro atoms. The third kappa shape index (κ3) is 3.35. The maximum atomic E-state index is 12.8. The van der Waals surface area contributed by atoms with Crippen molar-refractivity contribution in [2.24, 2.45) is 0 Å². The number of amides is 1. The summed E-state index contributed by atoms with van der Waals surface area (Å²) in [6, 6.07) is 6.07. The fourth-order valence-electron chi connectivity index (χ4n) is 3.38. The van der Waals surface area contributed by atoms with E-state index in [0.29, 0.717) is 37.3 Å². The van der Waals surface area contributed by atoms with Gasteiger partial charge in [-0.15, -0.1) is 0 Å². The van der Waals surface area contributed by atoms with Crippen LogP contribution < -0.4 is 5.56 Å². The predicted molar refractivity (Wildman–Crippen MR) is 100.0 cm³/mol. The number of ether oxygens (including phenoxy) is 1. The van der Waals surface area contributed by atoms with Gasteiger partial charge in [0.1, 0.15) is 18.3 Å². The molecule has 3 heterocycles. The summed E-state index contributed by atoms with van der Waals surface area (Å²) in [7, 11) is 0. The Labute approximate surface area is 156 Å². The second kappa shape index (κ2) is 6.96. The monoisotopic (exact) mass is 367 g/mol. The van der Waals surface area contributed by atoms with Crippen LogP contribution in [0.3, 0.4) is 0 Å². The molecule has 27 heavy (non-hydrogen) atoms. The number of hydrogen-bond acceptors (Lipinski definition) is 5. The van der Waals surface area contributed by atoms with Gasteiger partial charge in [-0.2, -0.15) is 5.10 Å². The number of rotatable bonds is 3. The maximum absolute atomic E-state index is 12.8. The van der Waals surface area contributed by atoms with Crippen molar-refractivity contribution in [1.82, 2.24) is 24.2 Å². The third-order valence-electron chi connectivity index (χ3n) is 4.67. The summed E-state index contributed by atoms with van der Waals surface area (Å²) in [6.07, 6.45) is 2.93. The molecule has 1 aliphatic rings. The Hall–Kier alpha value is -3.00. The zero-order valence-electron chi connectivity index (χ0n) is 15.4. The summed E-state index contributed by atoms with van der Waals surface area (Å²) in [4.78, 5) is 31.3. The Morgan fingerprint density at radius 2 is 1.85 bits per heavy atom. The zero-order valence-corrected chi connectivity index (χ0v) is 15.4. The molecule has 2 aromatic heterocycles. The molecule has 1 aromatic carbocycles. The van der Waals surface area contributed by atoms with E-state index in [1.54, 1.807) is 9.58 Å². The SMILES string of the molecule is Cc1cc(C)cc(-n2ncc3c(=O)n(CC(=O)N4CCOCC4)cnc32)c1. The largest absolute Gasteiger partial charge is 0.378 e. The minimum absolute atomic E-state index is 0.0312. The molecule has 1 amide bonds. The maximum Gasteiger partial charge on any atom is 0.264 e. The number of nitrogens with zero attached hydrogens (tertiary/aromatic N) is 5. The van der Waals surface area contributed by atoms with Crippen molar-refractivity contribution in [3.63, 3.8) is 0 Å². The molecule has 3 aromatic rings. The van der Waals surface area contributed by atoms with Gasteiger partial charge in [-0.1, -0.05) is 6.07 Å². The number of aromatic nitrogens is 4. The van der Waals surface area contributed by atoms with Gasteiger partial charge in [0, 0.05) is 13.1 Å². The molecule has 1 fully saturated rings. The number of fused-ring (bicyclic) bond motifs is 1. The lowest BCUT2D eigenvalue weighted by Crippen LogP contribution is -2.43. The van der Waals surface area contributed by atoms with Crippen molar-refractivity contribution in [2.45, 2.75) is 20.4 Å². The topological polar surface area (TPSA) is 82.2 Å². The summed E-state index contributed by atoms with van der Waals surface area (Å²) in [6.45, 7) is 6.15. The molecular weight excluding hydrogens is 346 g/mol. The summed E-state index contributed by atoms with van der Waals surface area (Å²) < 4.78 is 8.26. The lowest BCUT2D eigenvalue weighted by molar-refractivity contribution is -0.135. The number of hydrogen-bond donors (Lipinski definition) is 0. The summed E-state index contributed by atoms with van der Waals surface area (Å²) in [5.41, 5.74) is 3.30. The fraction of sp³-hybridized carbons (Fsp3) is 0.368. The molecule has 8 heteroatoms. The normalized spacial score (nSPS) is 14.7. The lowest BCUT2D eigenvalue weighted by Gasteiger charge is -2.26. The van der Waals surface area contributed by atoms with E-state index in [4.69, 9.17) is 4.74 Å². The van der Waals surface area contributed by atoms with E-state index in [0.717, 1.165) is 16.8 Å². The number of aryl methyl sites for hydroxylation is 2. The van der Waals surface area contributed by atoms with Gasteiger partial charge in [0.25, 0.3) is 5.56 Å². The quantitative estimate of drug-likeness (QED) is 0.691. The molecule has 140 valence electrons. The Kier molecular flexibility index (Phi) is 4.49. The van der Waals surface area contributed by atoms with E-state index in [1.807, 2.05) is 26.0 Å². The van der Waals surface area contributed by atoms with E-state index >= 15 is 0 Å². The van der Waals surface area contributed by atoms with Crippen molar-refractivity contribution < 1.29 is 9.53 Å². The minimum Gasteiger partial charge on any atom is -0.378 e. The van der Waals surface area contributed by atoms with Gasteiger partial charge < -0.3 is 9.64 Å². The highest BCUT2D eigenvalue weighted by Gasteiger charge is 2.19. The zero-order chi connectivity index (χ0) is 19.0. The molecule has 1 saturated heterocycles. The Bertz CT molecular complexity index is 1040. The van der Waals surface area contributed by atoms with Crippen LogP contribution in [-0.4, -0.2) is 56.4 Å². The van der Waals surface area contributed by atoms with Gasteiger partial charge >= 0.3 is 0 Å². The van der Waals surface area contributed by atoms with Crippen LogP contribution in [0.15, 0.2) is 35.5 Å². The summed E-state index contributed by atoms with van der Waals surface area (Å²) in [5, 5.41) is 4.74. The number of carbonyl (C=O) groups excluding carboxylic acids is 1.